The lowest BCUT2D eigenvalue weighted by Gasteiger charge is -2.39. The van der Waals surface area contributed by atoms with Gasteiger partial charge < -0.3 is 14.8 Å². The smallest absolute Gasteiger partial charge is 0.0586 e. The van der Waals surface area contributed by atoms with Gasteiger partial charge in [-0.15, -0.1) is 0 Å². The van der Waals surface area contributed by atoms with Gasteiger partial charge in [0.05, 0.1) is 19.3 Å². The van der Waals surface area contributed by atoms with Gasteiger partial charge in [0, 0.05) is 25.1 Å². The van der Waals surface area contributed by atoms with Crippen LogP contribution in [-0.2, 0) is 9.47 Å². The lowest BCUT2D eigenvalue weighted by molar-refractivity contribution is -0.100. The summed E-state index contributed by atoms with van der Waals surface area (Å²) in [5, 5.41) is 3.63. The zero-order valence-electron chi connectivity index (χ0n) is 9.21. The topological polar surface area (TPSA) is 30.5 Å². The Morgan fingerprint density at radius 1 is 1.43 bits per heavy atom. The minimum atomic E-state index is 0.394. The van der Waals surface area contributed by atoms with Crippen LogP contribution in [0, 0.1) is 5.41 Å². The van der Waals surface area contributed by atoms with Crippen molar-refractivity contribution < 1.29 is 9.47 Å². The van der Waals surface area contributed by atoms with Gasteiger partial charge in [0.15, 0.2) is 0 Å². The summed E-state index contributed by atoms with van der Waals surface area (Å²) < 4.78 is 10.6. The number of hydrogen-bond donors (Lipinski definition) is 1. The third kappa shape index (κ3) is 2.27. The van der Waals surface area contributed by atoms with Crippen LogP contribution in [0.3, 0.4) is 0 Å². The summed E-state index contributed by atoms with van der Waals surface area (Å²) in [6.07, 6.45) is 4.13. The molecule has 1 aliphatic carbocycles. The van der Waals surface area contributed by atoms with Gasteiger partial charge in [-0.3, -0.25) is 0 Å². The molecule has 1 saturated carbocycles. The Morgan fingerprint density at radius 3 is 2.71 bits per heavy atom. The van der Waals surface area contributed by atoms with E-state index in [4.69, 9.17) is 9.47 Å². The van der Waals surface area contributed by atoms with Gasteiger partial charge in [-0.25, -0.2) is 0 Å². The third-order valence-corrected chi connectivity index (χ3v) is 3.44. The summed E-state index contributed by atoms with van der Waals surface area (Å²) in [6.45, 7) is 5.21. The highest BCUT2D eigenvalue weighted by molar-refractivity contribution is 4.87. The van der Waals surface area contributed by atoms with E-state index in [0.29, 0.717) is 17.6 Å². The molecule has 2 rings (SSSR count). The number of methoxy groups -OCH3 is 1. The monoisotopic (exact) mass is 199 g/mol. The van der Waals surface area contributed by atoms with Crippen molar-refractivity contribution in [2.75, 3.05) is 26.9 Å². The number of hydrogen-bond acceptors (Lipinski definition) is 3. The molecule has 0 aromatic rings. The summed E-state index contributed by atoms with van der Waals surface area (Å²) in [5.74, 6) is 0. The molecule has 0 aromatic carbocycles. The number of rotatable bonds is 4. The van der Waals surface area contributed by atoms with Gasteiger partial charge in [0.1, 0.15) is 0 Å². The number of ether oxygens (including phenoxy) is 2. The second-order valence-electron chi connectivity index (χ2n) is 5.05. The molecule has 3 heteroatoms. The van der Waals surface area contributed by atoms with Crippen molar-refractivity contribution in [1.29, 1.82) is 0 Å². The minimum absolute atomic E-state index is 0.394. The largest absolute Gasteiger partial charge is 0.381 e. The maximum atomic E-state index is 5.35. The fourth-order valence-electron chi connectivity index (χ4n) is 2.28. The van der Waals surface area contributed by atoms with E-state index in [1.165, 1.54) is 19.3 Å². The lowest BCUT2D eigenvalue weighted by atomic mass is 9.88. The zero-order chi connectivity index (χ0) is 10.0. The Labute approximate surface area is 86.2 Å². The molecule has 0 radical (unpaired) electrons. The van der Waals surface area contributed by atoms with E-state index in [2.05, 4.69) is 12.2 Å². The molecule has 2 atom stereocenters. The Balaban J connectivity index is 1.66. The first-order chi connectivity index (χ1) is 6.72. The first-order valence-corrected chi connectivity index (χ1v) is 5.56. The van der Waals surface area contributed by atoms with Gasteiger partial charge in [0.2, 0.25) is 0 Å². The highest BCUT2D eigenvalue weighted by atomic mass is 16.5. The Hall–Kier alpha value is -0.120. The van der Waals surface area contributed by atoms with Crippen molar-refractivity contribution >= 4 is 0 Å². The van der Waals surface area contributed by atoms with E-state index in [1.54, 1.807) is 0 Å². The maximum Gasteiger partial charge on any atom is 0.0586 e. The summed E-state index contributed by atoms with van der Waals surface area (Å²) in [6, 6.07) is 0.664. The van der Waals surface area contributed by atoms with E-state index in [1.807, 2.05) is 7.11 Å². The Kier molecular flexibility index (Phi) is 3.10. The molecule has 0 aromatic heterocycles. The first-order valence-electron chi connectivity index (χ1n) is 5.56. The molecular weight excluding hydrogens is 178 g/mol. The standard InChI is InChI=1S/C11H21NO2/c1-11(7-14-8-11)6-12-9-3-4-10(5-9)13-2/h9-10,12H,3-8H2,1-2H3. The second kappa shape index (κ2) is 4.17. The molecule has 0 bridgehead atoms. The summed E-state index contributed by atoms with van der Waals surface area (Å²) >= 11 is 0. The molecule has 14 heavy (non-hydrogen) atoms. The van der Waals surface area contributed by atoms with Crippen molar-refractivity contribution in [3.8, 4) is 0 Å². The van der Waals surface area contributed by atoms with Crippen molar-refractivity contribution in [2.45, 2.75) is 38.3 Å². The molecule has 82 valence electrons. The molecule has 2 fully saturated rings. The van der Waals surface area contributed by atoms with E-state index in [9.17, 15) is 0 Å². The SMILES string of the molecule is COC1CCC(NCC2(C)COC2)C1. The predicted molar refractivity (Wildman–Crippen MR) is 55.4 cm³/mol. The molecule has 2 aliphatic rings. The lowest BCUT2D eigenvalue weighted by Crippen LogP contribution is -2.49. The molecule has 0 amide bonds. The Morgan fingerprint density at radius 2 is 2.21 bits per heavy atom. The van der Waals surface area contributed by atoms with Gasteiger partial charge in [-0.2, -0.15) is 0 Å². The van der Waals surface area contributed by atoms with Crippen LogP contribution >= 0.6 is 0 Å². The molecule has 1 saturated heterocycles. The van der Waals surface area contributed by atoms with Crippen LogP contribution in [0.4, 0.5) is 0 Å². The van der Waals surface area contributed by atoms with E-state index in [0.717, 1.165) is 19.8 Å². The van der Waals surface area contributed by atoms with Crippen molar-refractivity contribution in [1.82, 2.24) is 5.32 Å². The molecular formula is C11H21NO2. The van der Waals surface area contributed by atoms with Crippen LogP contribution in [0.5, 0.6) is 0 Å². The van der Waals surface area contributed by atoms with E-state index >= 15 is 0 Å². The maximum absolute atomic E-state index is 5.35. The molecule has 0 spiro atoms. The first kappa shape index (κ1) is 10.4. The summed E-state index contributed by atoms with van der Waals surface area (Å²) in [4.78, 5) is 0. The fraction of sp³-hybridized carbons (Fsp3) is 1.00. The molecule has 1 heterocycles. The number of nitrogens with one attached hydrogen (secondary N) is 1. The van der Waals surface area contributed by atoms with Crippen molar-refractivity contribution in [3.05, 3.63) is 0 Å². The van der Waals surface area contributed by atoms with Gasteiger partial charge in [-0.1, -0.05) is 6.92 Å². The van der Waals surface area contributed by atoms with E-state index in [-0.39, 0.29) is 0 Å². The predicted octanol–water partition coefficient (Wildman–Crippen LogP) is 1.18. The average Bonchev–Trinajstić information content (AvgIpc) is 2.59. The zero-order valence-corrected chi connectivity index (χ0v) is 9.21. The summed E-state index contributed by atoms with van der Waals surface area (Å²) in [5.41, 5.74) is 0.394. The van der Waals surface area contributed by atoms with E-state index < -0.39 is 0 Å². The molecule has 2 unspecified atom stereocenters. The fourth-order valence-corrected chi connectivity index (χ4v) is 2.28. The highest BCUT2D eigenvalue weighted by Crippen LogP contribution is 2.27. The Bertz CT molecular complexity index is 192. The molecule has 3 nitrogen and oxygen atoms in total. The van der Waals surface area contributed by atoms with Crippen LogP contribution in [-0.4, -0.2) is 39.0 Å². The van der Waals surface area contributed by atoms with Crippen LogP contribution in [0.2, 0.25) is 0 Å². The quantitative estimate of drug-likeness (QED) is 0.737. The highest BCUT2D eigenvalue weighted by Gasteiger charge is 2.34. The van der Waals surface area contributed by atoms with Crippen LogP contribution in [0.1, 0.15) is 26.2 Å². The van der Waals surface area contributed by atoms with Crippen molar-refractivity contribution in [2.24, 2.45) is 5.41 Å². The van der Waals surface area contributed by atoms with Crippen molar-refractivity contribution in [3.63, 3.8) is 0 Å². The second-order valence-corrected chi connectivity index (χ2v) is 5.05. The van der Waals surface area contributed by atoms with Gasteiger partial charge >= 0.3 is 0 Å². The average molecular weight is 199 g/mol. The van der Waals surface area contributed by atoms with Gasteiger partial charge in [0.25, 0.3) is 0 Å². The van der Waals surface area contributed by atoms with Crippen LogP contribution in [0.25, 0.3) is 0 Å². The third-order valence-electron chi connectivity index (χ3n) is 3.44. The minimum Gasteiger partial charge on any atom is -0.381 e. The summed E-state index contributed by atoms with van der Waals surface area (Å²) in [7, 11) is 1.81. The van der Waals surface area contributed by atoms with Crippen LogP contribution in [0.15, 0.2) is 0 Å². The van der Waals surface area contributed by atoms with Crippen LogP contribution < -0.4 is 5.32 Å². The normalized spacial score (nSPS) is 35.6. The molecule has 1 aliphatic heterocycles. The van der Waals surface area contributed by atoms with Gasteiger partial charge in [-0.05, 0) is 19.3 Å². The molecule has 1 N–H and O–H groups in total.